The average molecular weight is 317 g/mol. The van der Waals surface area contributed by atoms with Gasteiger partial charge >= 0.3 is 5.97 Å². The zero-order valence-corrected chi connectivity index (χ0v) is 12.1. The number of anilines is 2. The van der Waals surface area contributed by atoms with Crippen LogP contribution in [0.4, 0.5) is 11.8 Å². The van der Waals surface area contributed by atoms with Crippen molar-refractivity contribution in [1.82, 2.24) is 9.97 Å². The second-order valence-corrected chi connectivity index (χ2v) is 4.45. The minimum atomic E-state index is -0.298. The molecule has 0 fully saturated rings. The monoisotopic (exact) mass is 316 g/mol. The molecule has 18 heavy (non-hydrogen) atoms. The Morgan fingerprint density at radius 3 is 2.78 bits per heavy atom. The van der Waals surface area contributed by atoms with Gasteiger partial charge in [0.15, 0.2) is 0 Å². The lowest BCUT2D eigenvalue weighted by Crippen LogP contribution is -2.33. The van der Waals surface area contributed by atoms with Crippen molar-refractivity contribution in [2.24, 2.45) is 0 Å². The minimum Gasteiger partial charge on any atom is -0.465 e. The molecule has 1 heterocycles. The van der Waals surface area contributed by atoms with Crippen LogP contribution in [0.2, 0.25) is 0 Å². The van der Waals surface area contributed by atoms with E-state index in [9.17, 15) is 4.79 Å². The molecule has 0 saturated heterocycles. The van der Waals surface area contributed by atoms with Crippen LogP contribution in [-0.2, 0) is 9.53 Å². The Bertz CT molecular complexity index is 394. The molecular weight excluding hydrogens is 300 g/mol. The summed E-state index contributed by atoms with van der Waals surface area (Å²) in [5.74, 6) is 0.488. The topological polar surface area (TPSA) is 81.3 Å². The third kappa shape index (κ3) is 4.48. The molecule has 0 bridgehead atoms. The van der Waals surface area contributed by atoms with Gasteiger partial charge in [-0.3, -0.25) is 4.79 Å². The number of halogens is 1. The number of nitrogens with zero attached hydrogens (tertiary/aromatic N) is 3. The van der Waals surface area contributed by atoms with Crippen LogP contribution in [0.1, 0.15) is 20.3 Å². The van der Waals surface area contributed by atoms with E-state index >= 15 is 0 Å². The van der Waals surface area contributed by atoms with Crippen molar-refractivity contribution in [3.63, 3.8) is 0 Å². The van der Waals surface area contributed by atoms with Gasteiger partial charge in [0.2, 0.25) is 5.95 Å². The Labute approximate surface area is 115 Å². The normalized spacial score (nSPS) is 10.2. The molecule has 0 amide bonds. The maximum Gasteiger partial charge on any atom is 0.325 e. The second kappa shape index (κ2) is 7.15. The minimum absolute atomic E-state index is 0.123. The summed E-state index contributed by atoms with van der Waals surface area (Å²) < 4.78 is 5.51. The van der Waals surface area contributed by atoms with Gasteiger partial charge in [0, 0.05) is 12.6 Å². The molecule has 1 aromatic heterocycles. The van der Waals surface area contributed by atoms with Crippen molar-refractivity contribution >= 4 is 33.7 Å². The highest BCUT2D eigenvalue weighted by atomic mass is 79.9. The summed E-state index contributed by atoms with van der Waals surface area (Å²) in [6, 6.07) is 1.61. The van der Waals surface area contributed by atoms with Crippen LogP contribution >= 0.6 is 15.9 Å². The third-order valence-electron chi connectivity index (χ3n) is 2.10. The zero-order chi connectivity index (χ0) is 13.5. The predicted octanol–water partition coefficient (Wildman–Crippen LogP) is 1.60. The molecule has 6 nitrogen and oxygen atoms in total. The molecule has 0 aliphatic heterocycles. The maximum atomic E-state index is 11.5. The fraction of sp³-hybridized carbons (Fsp3) is 0.545. The first-order chi connectivity index (χ1) is 8.56. The number of nitrogen functional groups attached to an aromatic ring is 1. The molecule has 0 radical (unpaired) electrons. The summed E-state index contributed by atoms with van der Waals surface area (Å²) in [7, 11) is 0. The van der Waals surface area contributed by atoms with Crippen LogP contribution < -0.4 is 10.6 Å². The molecule has 0 atom stereocenters. The summed E-state index contributed by atoms with van der Waals surface area (Å²) in [4.78, 5) is 21.6. The van der Waals surface area contributed by atoms with E-state index in [-0.39, 0.29) is 12.5 Å². The van der Waals surface area contributed by atoms with Crippen LogP contribution in [-0.4, -0.2) is 35.6 Å². The predicted molar refractivity (Wildman–Crippen MR) is 73.3 cm³/mol. The Morgan fingerprint density at radius 2 is 2.22 bits per heavy atom. The van der Waals surface area contributed by atoms with Gasteiger partial charge in [-0.15, -0.1) is 0 Å². The van der Waals surface area contributed by atoms with Crippen molar-refractivity contribution in [2.45, 2.75) is 20.3 Å². The Morgan fingerprint density at radius 1 is 1.50 bits per heavy atom. The number of nitrogens with two attached hydrogens (primary N) is 1. The van der Waals surface area contributed by atoms with Gasteiger partial charge in [0.25, 0.3) is 0 Å². The molecule has 0 unspecified atom stereocenters. The Kier molecular flexibility index (Phi) is 5.84. The van der Waals surface area contributed by atoms with Gasteiger partial charge in [-0.2, -0.15) is 4.98 Å². The summed E-state index contributed by atoms with van der Waals surface area (Å²) >= 11 is 3.26. The molecule has 0 spiro atoms. The number of aromatic nitrogens is 2. The van der Waals surface area contributed by atoms with Crippen LogP contribution in [0.3, 0.4) is 0 Å². The van der Waals surface area contributed by atoms with Gasteiger partial charge in [-0.25, -0.2) is 4.98 Å². The number of hydrogen-bond acceptors (Lipinski definition) is 6. The first-order valence-corrected chi connectivity index (χ1v) is 6.56. The van der Waals surface area contributed by atoms with Crippen LogP contribution in [0.25, 0.3) is 0 Å². The molecule has 0 aliphatic carbocycles. The molecular formula is C11H17BrN4O2. The lowest BCUT2D eigenvalue weighted by Gasteiger charge is -2.21. The molecule has 0 aromatic carbocycles. The molecule has 1 rings (SSSR count). The Hall–Kier alpha value is -1.37. The van der Waals surface area contributed by atoms with Gasteiger partial charge in [0.1, 0.15) is 17.0 Å². The van der Waals surface area contributed by atoms with Gasteiger partial charge in [-0.05, 0) is 29.3 Å². The average Bonchev–Trinajstić information content (AvgIpc) is 2.27. The standard InChI is InChI=1S/C11H17BrN4O2/c1-3-5-16(7-10(17)18-4-2)11-14-8(12)6-9(13)15-11/h6H,3-5,7H2,1-2H3,(H2,13,14,15). The summed E-state index contributed by atoms with van der Waals surface area (Å²) in [6.07, 6.45) is 0.870. The van der Waals surface area contributed by atoms with Gasteiger partial charge < -0.3 is 15.4 Å². The van der Waals surface area contributed by atoms with Crippen molar-refractivity contribution in [1.29, 1.82) is 0 Å². The van der Waals surface area contributed by atoms with Crippen LogP contribution in [0.5, 0.6) is 0 Å². The highest BCUT2D eigenvalue weighted by Gasteiger charge is 2.15. The first-order valence-electron chi connectivity index (χ1n) is 5.77. The van der Waals surface area contributed by atoms with Crippen molar-refractivity contribution in [2.75, 3.05) is 30.3 Å². The van der Waals surface area contributed by atoms with Crippen molar-refractivity contribution in [3.05, 3.63) is 10.7 Å². The molecule has 100 valence electrons. The highest BCUT2D eigenvalue weighted by Crippen LogP contribution is 2.16. The lowest BCUT2D eigenvalue weighted by molar-refractivity contribution is -0.141. The van der Waals surface area contributed by atoms with Crippen LogP contribution in [0, 0.1) is 0 Å². The van der Waals surface area contributed by atoms with E-state index in [0.717, 1.165) is 6.42 Å². The summed E-state index contributed by atoms with van der Waals surface area (Å²) in [5.41, 5.74) is 5.66. The fourth-order valence-electron chi connectivity index (χ4n) is 1.45. The molecule has 1 aromatic rings. The first kappa shape index (κ1) is 14.7. The zero-order valence-electron chi connectivity index (χ0n) is 10.5. The van der Waals surface area contributed by atoms with Gasteiger partial charge in [-0.1, -0.05) is 6.92 Å². The summed E-state index contributed by atoms with van der Waals surface area (Å²) in [5, 5.41) is 0. The Balaban J connectivity index is 2.85. The van der Waals surface area contributed by atoms with E-state index < -0.39 is 0 Å². The number of esters is 1. The number of hydrogen-bond donors (Lipinski definition) is 1. The highest BCUT2D eigenvalue weighted by molar-refractivity contribution is 9.10. The number of carbonyl (C=O) groups is 1. The molecule has 0 saturated carbocycles. The summed E-state index contributed by atoms with van der Waals surface area (Å²) in [6.45, 7) is 4.93. The maximum absolute atomic E-state index is 11.5. The number of rotatable bonds is 6. The smallest absolute Gasteiger partial charge is 0.325 e. The second-order valence-electron chi connectivity index (χ2n) is 3.64. The van der Waals surface area contributed by atoms with E-state index in [1.165, 1.54) is 0 Å². The van der Waals surface area contributed by atoms with Gasteiger partial charge in [0.05, 0.1) is 6.61 Å². The number of carbonyl (C=O) groups excluding carboxylic acids is 1. The quantitative estimate of drug-likeness (QED) is 0.634. The third-order valence-corrected chi connectivity index (χ3v) is 2.51. The van der Waals surface area contributed by atoms with Crippen LogP contribution in [0.15, 0.2) is 10.7 Å². The fourth-order valence-corrected chi connectivity index (χ4v) is 1.84. The van der Waals surface area contributed by atoms with Crippen molar-refractivity contribution in [3.8, 4) is 0 Å². The van der Waals surface area contributed by atoms with E-state index in [0.29, 0.717) is 29.5 Å². The molecule has 0 aliphatic rings. The van der Waals surface area contributed by atoms with Crippen molar-refractivity contribution < 1.29 is 9.53 Å². The SMILES string of the molecule is CCCN(CC(=O)OCC)c1nc(N)cc(Br)n1. The van der Waals surface area contributed by atoms with E-state index in [1.807, 2.05) is 6.92 Å². The number of ether oxygens (including phenoxy) is 1. The largest absolute Gasteiger partial charge is 0.465 e. The molecule has 7 heteroatoms. The lowest BCUT2D eigenvalue weighted by atomic mass is 10.4. The van der Waals surface area contributed by atoms with E-state index in [2.05, 4.69) is 25.9 Å². The molecule has 2 N–H and O–H groups in total. The van der Waals surface area contributed by atoms with E-state index in [1.54, 1.807) is 17.9 Å². The van der Waals surface area contributed by atoms with E-state index in [4.69, 9.17) is 10.5 Å².